The molecule has 0 atom stereocenters. The molecule has 0 bridgehead atoms. The van der Waals surface area contributed by atoms with Gasteiger partial charge in [-0.3, -0.25) is 4.79 Å². The third-order valence-corrected chi connectivity index (χ3v) is 3.93. The van der Waals surface area contributed by atoms with Crippen LogP contribution in [0.3, 0.4) is 0 Å². The van der Waals surface area contributed by atoms with Gasteiger partial charge in [0.2, 0.25) is 0 Å². The van der Waals surface area contributed by atoms with E-state index in [-0.39, 0.29) is 11.7 Å². The van der Waals surface area contributed by atoms with Crippen LogP contribution in [0.2, 0.25) is 0 Å². The van der Waals surface area contributed by atoms with Crippen LogP contribution in [0.4, 0.5) is 5.00 Å². The van der Waals surface area contributed by atoms with Gasteiger partial charge >= 0.3 is 0 Å². The minimum Gasteiger partial charge on any atom is -0.390 e. The van der Waals surface area contributed by atoms with Gasteiger partial charge in [-0.2, -0.15) is 4.98 Å². The lowest BCUT2D eigenvalue weighted by molar-refractivity contribution is 0.0987. The number of fused-ring (bicyclic) bond motifs is 1. The number of carbonyl (C=O) groups excluding carboxylic acids is 1. The Balaban J connectivity index is 2.11. The summed E-state index contributed by atoms with van der Waals surface area (Å²) in [6.45, 7) is 0. The number of aromatic nitrogens is 2. The van der Waals surface area contributed by atoms with Crippen molar-refractivity contribution in [2.75, 3.05) is 5.73 Å². The molecule has 4 N–H and O–H groups in total. The first-order valence-electron chi connectivity index (χ1n) is 5.20. The number of hydrogen-bond acceptors (Lipinski definition) is 6. The van der Waals surface area contributed by atoms with Crippen molar-refractivity contribution in [3.05, 3.63) is 16.3 Å². The maximum atomic E-state index is 10.9. The van der Waals surface area contributed by atoms with Crippen LogP contribution in [-0.4, -0.2) is 16.0 Å². The normalized spacial score (nSPS) is 13.9. The highest BCUT2D eigenvalue weighted by molar-refractivity contribution is 7.16. The summed E-state index contributed by atoms with van der Waals surface area (Å²) in [5, 5.41) is 4.19. The zero-order valence-electron chi connectivity index (χ0n) is 8.90. The van der Waals surface area contributed by atoms with Gasteiger partial charge in [-0.05, 0) is 24.8 Å². The number of carbonyl (C=O) groups is 1. The lowest BCUT2D eigenvalue weighted by Gasteiger charge is -1.95. The number of aryl methyl sites for hydroxylation is 1. The lowest BCUT2D eigenvalue weighted by atomic mass is 10.1. The van der Waals surface area contributed by atoms with Gasteiger partial charge in [0.05, 0.1) is 10.6 Å². The smallest absolute Gasteiger partial charge is 0.290 e. The predicted octanol–water partition coefficient (Wildman–Crippen LogP) is 0.968. The monoisotopic (exact) mass is 250 g/mol. The first-order chi connectivity index (χ1) is 8.16. The van der Waals surface area contributed by atoms with Gasteiger partial charge in [0.15, 0.2) is 0 Å². The molecule has 7 heteroatoms. The van der Waals surface area contributed by atoms with E-state index in [4.69, 9.17) is 16.0 Å². The Hall–Kier alpha value is -1.89. The van der Waals surface area contributed by atoms with E-state index in [9.17, 15) is 4.79 Å². The molecule has 0 saturated heterocycles. The maximum absolute atomic E-state index is 10.9. The topological polar surface area (TPSA) is 108 Å². The van der Waals surface area contributed by atoms with E-state index in [1.165, 1.54) is 10.4 Å². The predicted molar refractivity (Wildman–Crippen MR) is 62.6 cm³/mol. The highest BCUT2D eigenvalue weighted by Crippen LogP contribution is 2.42. The van der Waals surface area contributed by atoms with Crippen molar-refractivity contribution in [1.82, 2.24) is 10.1 Å². The zero-order chi connectivity index (χ0) is 12.0. The van der Waals surface area contributed by atoms with Crippen molar-refractivity contribution in [1.29, 1.82) is 0 Å². The molecule has 0 fully saturated rings. The molecular formula is C10H10N4O2S. The van der Waals surface area contributed by atoms with Crippen LogP contribution in [0.25, 0.3) is 11.5 Å². The maximum Gasteiger partial charge on any atom is 0.290 e. The molecule has 2 aromatic heterocycles. The second-order valence-corrected chi connectivity index (χ2v) is 5.02. The van der Waals surface area contributed by atoms with Gasteiger partial charge in [0, 0.05) is 4.88 Å². The van der Waals surface area contributed by atoms with E-state index in [0.29, 0.717) is 5.00 Å². The average Bonchev–Trinajstić information content (AvgIpc) is 2.91. The highest BCUT2D eigenvalue weighted by atomic mass is 32.1. The summed E-state index contributed by atoms with van der Waals surface area (Å²) in [5.41, 5.74) is 13.0. The van der Waals surface area contributed by atoms with Gasteiger partial charge in [0.25, 0.3) is 17.6 Å². The van der Waals surface area contributed by atoms with Gasteiger partial charge in [-0.25, -0.2) is 0 Å². The summed E-state index contributed by atoms with van der Waals surface area (Å²) < 4.78 is 5.04. The molecule has 88 valence electrons. The van der Waals surface area contributed by atoms with E-state index in [1.807, 2.05) is 0 Å². The summed E-state index contributed by atoms with van der Waals surface area (Å²) in [4.78, 5) is 16.2. The Kier molecular flexibility index (Phi) is 2.15. The van der Waals surface area contributed by atoms with Crippen LogP contribution >= 0.6 is 11.3 Å². The number of nitrogens with zero attached hydrogens (tertiary/aromatic N) is 2. The molecule has 0 spiro atoms. The molecule has 0 radical (unpaired) electrons. The molecule has 0 unspecified atom stereocenters. The molecule has 1 aliphatic carbocycles. The number of hydrogen-bond donors (Lipinski definition) is 2. The van der Waals surface area contributed by atoms with Crippen molar-refractivity contribution >= 4 is 22.2 Å². The quantitative estimate of drug-likeness (QED) is 0.825. The Labute approximate surface area is 101 Å². The van der Waals surface area contributed by atoms with E-state index in [1.54, 1.807) is 11.3 Å². The SMILES string of the molecule is NC(=O)c1noc(-c2c(N)sc3c2CCC3)n1. The number of rotatable bonds is 2. The molecule has 0 aromatic carbocycles. The summed E-state index contributed by atoms with van der Waals surface area (Å²) >= 11 is 1.55. The van der Waals surface area contributed by atoms with E-state index < -0.39 is 5.91 Å². The molecule has 0 aliphatic heterocycles. The summed E-state index contributed by atoms with van der Waals surface area (Å²) in [5.74, 6) is -0.529. The number of primary amides is 1. The molecule has 2 aromatic rings. The Bertz CT molecular complexity index is 601. The minimum absolute atomic E-state index is 0.114. The molecule has 2 heterocycles. The fourth-order valence-electron chi connectivity index (χ4n) is 2.09. The van der Waals surface area contributed by atoms with E-state index >= 15 is 0 Å². The van der Waals surface area contributed by atoms with E-state index in [2.05, 4.69) is 10.1 Å². The largest absolute Gasteiger partial charge is 0.390 e. The minimum atomic E-state index is -0.703. The van der Waals surface area contributed by atoms with Gasteiger partial charge in [-0.15, -0.1) is 11.3 Å². The standard InChI is InChI=1S/C10H10N4O2S/c11-7(15)9-13-10(16-14-9)6-4-2-1-3-5(4)17-8(6)12/h1-3,12H2,(H2,11,15). The van der Waals surface area contributed by atoms with Crippen LogP contribution in [0.1, 0.15) is 27.5 Å². The van der Waals surface area contributed by atoms with Crippen molar-refractivity contribution in [3.8, 4) is 11.5 Å². The number of thiophene rings is 1. The molecule has 3 rings (SSSR count). The fourth-order valence-corrected chi connectivity index (χ4v) is 3.24. The number of amides is 1. The molecule has 17 heavy (non-hydrogen) atoms. The lowest BCUT2D eigenvalue weighted by Crippen LogP contribution is -2.12. The average molecular weight is 250 g/mol. The van der Waals surface area contributed by atoms with Crippen LogP contribution < -0.4 is 11.5 Å². The van der Waals surface area contributed by atoms with Crippen LogP contribution in [0, 0.1) is 0 Å². The Morgan fingerprint density at radius 2 is 2.24 bits per heavy atom. The third kappa shape index (κ3) is 1.50. The first kappa shape index (κ1) is 10.3. The van der Waals surface area contributed by atoms with Crippen LogP contribution in [0.15, 0.2) is 4.52 Å². The second-order valence-electron chi connectivity index (χ2n) is 3.88. The number of nitrogens with two attached hydrogens (primary N) is 2. The molecule has 1 amide bonds. The van der Waals surface area contributed by atoms with Crippen molar-refractivity contribution in [2.45, 2.75) is 19.3 Å². The van der Waals surface area contributed by atoms with Gasteiger partial charge in [0.1, 0.15) is 0 Å². The molecule has 0 saturated carbocycles. The van der Waals surface area contributed by atoms with Crippen LogP contribution in [0.5, 0.6) is 0 Å². The van der Waals surface area contributed by atoms with Crippen molar-refractivity contribution in [3.63, 3.8) is 0 Å². The fraction of sp³-hybridized carbons (Fsp3) is 0.300. The van der Waals surface area contributed by atoms with E-state index in [0.717, 1.165) is 24.8 Å². The Morgan fingerprint density at radius 1 is 1.41 bits per heavy atom. The summed E-state index contributed by atoms with van der Waals surface area (Å²) in [7, 11) is 0. The molecule has 6 nitrogen and oxygen atoms in total. The number of nitrogen functional groups attached to an aromatic ring is 1. The highest BCUT2D eigenvalue weighted by Gasteiger charge is 2.26. The van der Waals surface area contributed by atoms with Gasteiger partial charge < -0.3 is 16.0 Å². The number of anilines is 1. The summed E-state index contributed by atoms with van der Waals surface area (Å²) in [6, 6.07) is 0. The molecular weight excluding hydrogens is 240 g/mol. The van der Waals surface area contributed by atoms with Crippen molar-refractivity contribution < 1.29 is 9.32 Å². The van der Waals surface area contributed by atoms with Crippen molar-refractivity contribution in [2.24, 2.45) is 5.73 Å². The zero-order valence-corrected chi connectivity index (χ0v) is 9.71. The third-order valence-electron chi connectivity index (χ3n) is 2.81. The molecule has 1 aliphatic rings. The first-order valence-corrected chi connectivity index (χ1v) is 6.02. The second kappa shape index (κ2) is 3.56. The van der Waals surface area contributed by atoms with Crippen LogP contribution in [-0.2, 0) is 12.8 Å². The summed E-state index contributed by atoms with van der Waals surface area (Å²) in [6.07, 6.45) is 3.12. The Morgan fingerprint density at radius 3 is 2.94 bits per heavy atom. The van der Waals surface area contributed by atoms with Gasteiger partial charge in [-0.1, -0.05) is 5.16 Å².